The molecule has 0 saturated carbocycles. The highest BCUT2D eigenvalue weighted by atomic mass is 35.5. The lowest BCUT2D eigenvalue weighted by Crippen LogP contribution is -2.24. The van der Waals surface area contributed by atoms with E-state index in [4.69, 9.17) is 11.6 Å². The number of benzene rings is 2. The third-order valence-electron chi connectivity index (χ3n) is 3.07. The SMILES string of the molecule is CN(c1ccc(NC(=O)c2cccc(Cl)c2)cc1)S(C)(=O)=O. The van der Waals surface area contributed by atoms with E-state index in [1.54, 1.807) is 48.5 Å². The van der Waals surface area contributed by atoms with Crippen molar-refractivity contribution in [3.8, 4) is 0 Å². The molecule has 0 aliphatic heterocycles. The maximum absolute atomic E-state index is 12.1. The van der Waals surface area contributed by atoms with E-state index in [-0.39, 0.29) is 5.91 Å². The van der Waals surface area contributed by atoms with Crippen molar-refractivity contribution >= 4 is 38.9 Å². The highest BCUT2D eigenvalue weighted by Crippen LogP contribution is 2.19. The number of nitrogens with zero attached hydrogens (tertiary/aromatic N) is 1. The van der Waals surface area contributed by atoms with Gasteiger partial charge in [-0.25, -0.2) is 8.42 Å². The molecular formula is C15H15ClN2O3S. The van der Waals surface area contributed by atoms with Gasteiger partial charge in [0.25, 0.3) is 5.91 Å². The summed E-state index contributed by atoms with van der Waals surface area (Å²) in [6.45, 7) is 0. The van der Waals surface area contributed by atoms with Crippen molar-refractivity contribution in [3.63, 3.8) is 0 Å². The molecule has 0 heterocycles. The van der Waals surface area contributed by atoms with Crippen LogP contribution in [0.2, 0.25) is 5.02 Å². The average molecular weight is 339 g/mol. The molecule has 22 heavy (non-hydrogen) atoms. The summed E-state index contributed by atoms with van der Waals surface area (Å²) in [4.78, 5) is 12.1. The van der Waals surface area contributed by atoms with Gasteiger partial charge in [0.1, 0.15) is 0 Å². The first-order valence-corrected chi connectivity index (χ1v) is 8.61. The van der Waals surface area contributed by atoms with Crippen LogP contribution in [-0.4, -0.2) is 27.6 Å². The van der Waals surface area contributed by atoms with Crippen molar-refractivity contribution in [2.24, 2.45) is 0 Å². The summed E-state index contributed by atoms with van der Waals surface area (Å²) >= 11 is 5.85. The van der Waals surface area contributed by atoms with Crippen LogP contribution in [0.4, 0.5) is 11.4 Å². The summed E-state index contributed by atoms with van der Waals surface area (Å²) < 4.78 is 24.1. The molecule has 2 rings (SSSR count). The van der Waals surface area contributed by atoms with E-state index in [9.17, 15) is 13.2 Å². The number of carbonyl (C=O) groups excluding carboxylic acids is 1. The van der Waals surface area contributed by atoms with Crippen LogP contribution in [0.25, 0.3) is 0 Å². The van der Waals surface area contributed by atoms with Crippen LogP contribution in [0.3, 0.4) is 0 Å². The van der Waals surface area contributed by atoms with Crippen molar-refractivity contribution in [1.82, 2.24) is 0 Å². The second-order valence-corrected chi connectivity index (χ2v) is 7.19. The summed E-state index contributed by atoms with van der Waals surface area (Å²) in [7, 11) is -1.84. The Balaban J connectivity index is 2.13. The summed E-state index contributed by atoms with van der Waals surface area (Å²) in [5.74, 6) is -0.285. The van der Waals surface area contributed by atoms with Crippen LogP contribution in [0.5, 0.6) is 0 Å². The molecule has 0 fully saturated rings. The Kier molecular flexibility index (Phi) is 4.73. The lowest BCUT2D eigenvalue weighted by Gasteiger charge is -2.16. The number of halogens is 1. The first-order chi connectivity index (χ1) is 10.3. The molecule has 0 aliphatic rings. The van der Waals surface area contributed by atoms with Crippen LogP contribution in [0.1, 0.15) is 10.4 Å². The molecule has 0 spiro atoms. The van der Waals surface area contributed by atoms with Crippen molar-refractivity contribution in [3.05, 3.63) is 59.1 Å². The predicted molar refractivity (Wildman–Crippen MR) is 89.1 cm³/mol. The fourth-order valence-corrected chi connectivity index (χ4v) is 2.47. The summed E-state index contributed by atoms with van der Waals surface area (Å²) in [6.07, 6.45) is 1.13. The molecule has 0 aliphatic carbocycles. The molecule has 1 N–H and O–H groups in total. The predicted octanol–water partition coefficient (Wildman–Crippen LogP) is 2.99. The van der Waals surface area contributed by atoms with Crippen LogP contribution < -0.4 is 9.62 Å². The zero-order chi connectivity index (χ0) is 16.3. The summed E-state index contributed by atoms with van der Waals surface area (Å²) in [5.41, 5.74) is 1.53. The molecule has 2 aromatic rings. The minimum atomic E-state index is -3.31. The van der Waals surface area contributed by atoms with Crippen LogP contribution >= 0.6 is 11.6 Å². The lowest BCUT2D eigenvalue weighted by molar-refractivity contribution is 0.102. The van der Waals surface area contributed by atoms with Crippen molar-refractivity contribution in [2.45, 2.75) is 0 Å². The zero-order valence-electron chi connectivity index (χ0n) is 12.1. The van der Waals surface area contributed by atoms with Gasteiger partial charge in [0.05, 0.1) is 11.9 Å². The molecule has 7 heteroatoms. The molecule has 0 radical (unpaired) electrons. The molecule has 0 bridgehead atoms. The third-order valence-corrected chi connectivity index (χ3v) is 4.51. The number of hydrogen-bond acceptors (Lipinski definition) is 3. The quantitative estimate of drug-likeness (QED) is 0.932. The highest BCUT2D eigenvalue weighted by Gasteiger charge is 2.12. The minimum absolute atomic E-state index is 0.285. The van der Waals surface area contributed by atoms with Gasteiger partial charge in [-0.15, -0.1) is 0 Å². The number of anilines is 2. The fraction of sp³-hybridized carbons (Fsp3) is 0.133. The number of amides is 1. The summed E-state index contributed by atoms with van der Waals surface area (Å²) in [6, 6.07) is 13.1. The van der Waals surface area contributed by atoms with E-state index in [1.807, 2.05) is 0 Å². The van der Waals surface area contributed by atoms with Crippen LogP contribution in [0, 0.1) is 0 Å². The maximum atomic E-state index is 12.1. The molecule has 1 amide bonds. The Morgan fingerprint density at radius 1 is 1.14 bits per heavy atom. The first kappa shape index (κ1) is 16.3. The third kappa shape index (κ3) is 3.99. The fourth-order valence-electron chi connectivity index (χ4n) is 1.78. The molecule has 0 atom stereocenters. The van der Waals surface area contributed by atoms with Crippen molar-refractivity contribution in [1.29, 1.82) is 0 Å². The zero-order valence-corrected chi connectivity index (χ0v) is 13.6. The van der Waals surface area contributed by atoms with E-state index >= 15 is 0 Å². The Morgan fingerprint density at radius 3 is 2.32 bits per heavy atom. The monoisotopic (exact) mass is 338 g/mol. The normalized spacial score (nSPS) is 11.0. The topological polar surface area (TPSA) is 66.5 Å². The van der Waals surface area contributed by atoms with E-state index in [2.05, 4.69) is 5.32 Å². The van der Waals surface area contributed by atoms with Crippen LogP contribution in [0.15, 0.2) is 48.5 Å². The Bertz CT molecular complexity index is 789. The van der Waals surface area contributed by atoms with Crippen molar-refractivity contribution in [2.75, 3.05) is 22.9 Å². The number of hydrogen-bond donors (Lipinski definition) is 1. The van der Waals surface area contributed by atoms with Gasteiger partial charge in [0, 0.05) is 23.3 Å². The largest absolute Gasteiger partial charge is 0.322 e. The van der Waals surface area contributed by atoms with Gasteiger partial charge in [-0.2, -0.15) is 0 Å². The van der Waals surface area contributed by atoms with Crippen molar-refractivity contribution < 1.29 is 13.2 Å². The molecule has 0 aromatic heterocycles. The maximum Gasteiger partial charge on any atom is 0.255 e. The Hall–Kier alpha value is -2.05. The second-order valence-electron chi connectivity index (χ2n) is 4.74. The molecule has 5 nitrogen and oxygen atoms in total. The average Bonchev–Trinajstić information content (AvgIpc) is 2.46. The molecule has 2 aromatic carbocycles. The number of carbonyl (C=O) groups is 1. The van der Waals surface area contributed by atoms with Gasteiger partial charge in [0.15, 0.2) is 0 Å². The van der Waals surface area contributed by atoms with Gasteiger partial charge in [-0.1, -0.05) is 17.7 Å². The second kappa shape index (κ2) is 6.37. The van der Waals surface area contributed by atoms with E-state index in [0.29, 0.717) is 22.0 Å². The van der Waals surface area contributed by atoms with Crippen LogP contribution in [-0.2, 0) is 10.0 Å². The number of rotatable bonds is 4. The van der Waals surface area contributed by atoms with Gasteiger partial charge < -0.3 is 5.32 Å². The van der Waals surface area contributed by atoms with Gasteiger partial charge in [-0.05, 0) is 42.5 Å². The standard InChI is InChI=1S/C15H15ClN2O3S/c1-18(22(2,20)21)14-8-6-13(7-9-14)17-15(19)11-4-3-5-12(16)10-11/h3-10H,1-2H3,(H,17,19). The molecular weight excluding hydrogens is 324 g/mol. The van der Waals surface area contributed by atoms with E-state index < -0.39 is 10.0 Å². The molecule has 0 unspecified atom stereocenters. The number of nitrogens with one attached hydrogen (secondary N) is 1. The minimum Gasteiger partial charge on any atom is -0.322 e. The first-order valence-electron chi connectivity index (χ1n) is 6.38. The summed E-state index contributed by atoms with van der Waals surface area (Å²) in [5, 5.41) is 3.21. The van der Waals surface area contributed by atoms with E-state index in [0.717, 1.165) is 10.6 Å². The Labute approximate surface area is 134 Å². The number of sulfonamides is 1. The smallest absolute Gasteiger partial charge is 0.255 e. The Morgan fingerprint density at radius 2 is 1.77 bits per heavy atom. The van der Waals surface area contributed by atoms with Gasteiger partial charge in [0.2, 0.25) is 10.0 Å². The van der Waals surface area contributed by atoms with E-state index in [1.165, 1.54) is 7.05 Å². The lowest BCUT2D eigenvalue weighted by atomic mass is 10.2. The van der Waals surface area contributed by atoms with Gasteiger partial charge in [-0.3, -0.25) is 9.10 Å². The molecule has 0 saturated heterocycles. The molecule has 116 valence electrons. The van der Waals surface area contributed by atoms with Gasteiger partial charge >= 0.3 is 0 Å². The highest BCUT2D eigenvalue weighted by molar-refractivity contribution is 7.92.